The van der Waals surface area contributed by atoms with Crippen LogP contribution < -0.4 is 0 Å². The van der Waals surface area contributed by atoms with Gasteiger partial charge in [-0.15, -0.1) is 0 Å². The van der Waals surface area contributed by atoms with Crippen LogP contribution in [0.15, 0.2) is 16.7 Å². The molecule has 5 heteroatoms. The number of nitrogens with one attached hydrogen (secondary N) is 1. The summed E-state index contributed by atoms with van der Waals surface area (Å²) in [7, 11) is 0. The molecule has 2 rings (SSSR count). The number of H-pyrrole nitrogens is 1. The first-order valence-corrected chi connectivity index (χ1v) is 5.00. The van der Waals surface area contributed by atoms with Crippen molar-refractivity contribution >= 4 is 27.1 Å². The molecular formula is C9H10BrN3O. The molecule has 14 heavy (non-hydrogen) atoms. The van der Waals surface area contributed by atoms with Crippen molar-refractivity contribution in [3.05, 3.63) is 22.6 Å². The number of pyridine rings is 1. The van der Waals surface area contributed by atoms with Crippen LogP contribution in [-0.2, 0) is 5.60 Å². The van der Waals surface area contributed by atoms with E-state index in [1.165, 1.54) is 0 Å². The Morgan fingerprint density at radius 1 is 1.50 bits per heavy atom. The van der Waals surface area contributed by atoms with E-state index < -0.39 is 5.60 Å². The number of hydrogen-bond acceptors (Lipinski definition) is 3. The average Bonchev–Trinajstić information content (AvgIpc) is 2.45. The number of aromatic nitrogens is 3. The van der Waals surface area contributed by atoms with Crippen LogP contribution in [0.25, 0.3) is 11.2 Å². The van der Waals surface area contributed by atoms with Gasteiger partial charge < -0.3 is 10.1 Å². The molecule has 2 heterocycles. The smallest absolute Gasteiger partial charge is 0.177 e. The minimum absolute atomic E-state index is 0.526. The Bertz CT molecular complexity index is 472. The number of halogens is 1. The van der Waals surface area contributed by atoms with E-state index in [1.54, 1.807) is 20.0 Å². The third-order valence-electron chi connectivity index (χ3n) is 1.88. The van der Waals surface area contributed by atoms with Crippen molar-refractivity contribution in [1.82, 2.24) is 15.0 Å². The van der Waals surface area contributed by atoms with Crippen LogP contribution in [-0.4, -0.2) is 20.1 Å². The van der Waals surface area contributed by atoms with Crippen LogP contribution in [0.2, 0.25) is 0 Å². The fraction of sp³-hybridized carbons (Fsp3) is 0.333. The molecule has 2 aromatic heterocycles. The normalized spacial score (nSPS) is 12.3. The first-order valence-electron chi connectivity index (χ1n) is 4.21. The molecule has 0 atom stereocenters. The van der Waals surface area contributed by atoms with Crippen LogP contribution in [0, 0.1) is 0 Å². The van der Waals surface area contributed by atoms with Crippen molar-refractivity contribution in [2.24, 2.45) is 0 Å². The molecule has 0 spiro atoms. The molecule has 0 amide bonds. The third-order valence-corrected chi connectivity index (χ3v) is 2.32. The maximum absolute atomic E-state index is 9.73. The SMILES string of the molecule is CC(C)(O)c1nc2ncc(Br)cc2[nH]1. The average molecular weight is 256 g/mol. The van der Waals surface area contributed by atoms with Crippen molar-refractivity contribution in [1.29, 1.82) is 0 Å². The highest BCUT2D eigenvalue weighted by atomic mass is 79.9. The summed E-state index contributed by atoms with van der Waals surface area (Å²) in [5.41, 5.74) is 0.467. The second kappa shape index (κ2) is 3.03. The Kier molecular flexibility index (Phi) is 2.08. The number of hydrogen-bond donors (Lipinski definition) is 2. The molecule has 0 aliphatic carbocycles. The predicted molar refractivity (Wildman–Crippen MR) is 56.8 cm³/mol. The standard InChI is InChI=1S/C9H10BrN3O/c1-9(2,14)8-12-6-3-5(10)4-11-7(6)13-8/h3-4,14H,1-2H3,(H,11,12,13). The predicted octanol–water partition coefficient (Wildman–Crippen LogP) is 1.95. The molecule has 2 aromatic rings. The number of imidazole rings is 1. The van der Waals surface area contributed by atoms with Crippen LogP contribution in [0.4, 0.5) is 0 Å². The molecule has 74 valence electrons. The number of fused-ring (bicyclic) bond motifs is 1. The van der Waals surface area contributed by atoms with Crippen molar-refractivity contribution in [3.8, 4) is 0 Å². The van der Waals surface area contributed by atoms with Crippen molar-refractivity contribution in [2.75, 3.05) is 0 Å². The zero-order valence-corrected chi connectivity index (χ0v) is 9.46. The van der Waals surface area contributed by atoms with Gasteiger partial charge in [-0.2, -0.15) is 0 Å². The second-order valence-corrected chi connectivity index (χ2v) is 4.58. The maximum Gasteiger partial charge on any atom is 0.177 e. The topological polar surface area (TPSA) is 61.8 Å². The zero-order chi connectivity index (χ0) is 10.3. The molecule has 0 saturated carbocycles. The summed E-state index contributed by atoms with van der Waals surface area (Å²) < 4.78 is 0.885. The third kappa shape index (κ3) is 1.65. The summed E-state index contributed by atoms with van der Waals surface area (Å²) in [6, 6.07) is 1.88. The minimum Gasteiger partial charge on any atom is -0.383 e. The molecule has 0 aromatic carbocycles. The first kappa shape index (κ1) is 9.61. The van der Waals surface area contributed by atoms with Gasteiger partial charge in [-0.3, -0.25) is 0 Å². The van der Waals surface area contributed by atoms with Crippen LogP contribution in [0.3, 0.4) is 0 Å². The Balaban J connectivity index is 2.63. The molecule has 4 nitrogen and oxygen atoms in total. The van der Waals surface area contributed by atoms with E-state index in [2.05, 4.69) is 30.9 Å². The van der Waals surface area contributed by atoms with Crippen molar-refractivity contribution < 1.29 is 5.11 Å². The summed E-state index contributed by atoms with van der Waals surface area (Å²) in [6.45, 7) is 3.36. The van der Waals surface area contributed by atoms with Crippen LogP contribution in [0.5, 0.6) is 0 Å². The molecule has 0 saturated heterocycles. The largest absolute Gasteiger partial charge is 0.383 e. The van der Waals surface area contributed by atoms with Gasteiger partial charge in [-0.1, -0.05) is 0 Å². The Morgan fingerprint density at radius 2 is 2.21 bits per heavy atom. The van der Waals surface area contributed by atoms with Gasteiger partial charge in [0.1, 0.15) is 11.4 Å². The van der Waals surface area contributed by atoms with E-state index in [0.29, 0.717) is 11.5 Å². The minimum atomic E-state index is -0.965. The summed E-state index contributed by atoms with van der Waals surface area (Å²) in [5, 5.41) is 9.73. The summed E-state index contributed by atoms with van der Waals surface area (Å²) in [5.74, 6) is 0.526. The molecule has 0 radical (unpaired) electrons. The Hall–Kier alpha value is -0.940. The molecule has 0 fully saturated rings. The van der Waals surface area contributed by atoms with E-state index in [1.807, 2.05) is 6.07 Å². The van der Waals surface area contributed by atoms with Gasteiger partial charge in [0.25, 0.3) is 0 Å². The van der Waals surface area contributed by atoms with Crippen LogP contribution >= 0.6 is 15.9 Å². The van der Waals surface area contributed by atoms with Crippen molar-refractivity contribution in [2.45, 2.75) is 19.4 Å². The van der Waals surface area contributed by atoms with E-state index in [9.17, 15) is 5.11 Å². The van der Waals surface area contributed by atoms with E-state index in [4.69, 9.17) is 0 Å². The quantitative estimate of drug-likeness (QED) is 0.819. The van der Waals surface area contributed by atoms with Crippen molar-refractivity contribution in [3.63, 3.8) is 0 Å². The lowest BCUT2D eigenvalue weighted by molar-refractivity contribution is 0.0700. The monoisotopic (exact) mass is 255 g/mol. The van der Waals surface area contributed by atoms with Gasteiger partial charge in [-0.25, -0.2) is 9.97 Å². The van der Waals surface area contributed by atoms with Gasteiger partial charge in [0.05, 0.1) is 5.52 Å². The lowest BCUT2D eigenvalue weighted by atomic mass is 10.1. The lowest BCUT2D eigenvalue weighted by Crippen LogP contribution is -2.17. The highest BCUT2D eigenvalue weighted by molar-refractivity contribution is 9.10. The summed E-state index contributed by atoms with van der Waals surface area (Å²) in [6.07, 6.45) is 1.68. The second-order valence-electron chi connectivity index (χ2n) is 3.67. The molecule has 0 aliphatic heterocycles. The number of nitrogens with zero attached hydrogens (tertiary/aromatic N) is 2. The fourth-order valence-corrected chi connectivity index (χ4v) is 1.50. The molecule has 0 aliphatic rings. The van der Waals surface area contributed by atoms with Gasteiger partial charge >= 0.3 is 0 Å². The van der Waals surface area contributed by atoms with E-state index in [-0.39, 0.29) is 0 Å². The Labute approximate surface area is 89.5 Å². The van der Waals surface area contributed by atoms with E-state index in [0.717, 1.165) is 9.99 Å². The van der Waals surface area contributed by atoms with Gasteiger partial charge in [0.2, 0.25) is 0 Å². The van der Waals surface area contributed by atoms with Gasteiger partial charge in [0, 0.05) is 10.7 Å². The molecule has 2 N–H and O–H groups in total. The summed E-state index contributed by atoms with van der Waals surface area (Å²) in [4.78, 5) is 11.3. The zero-order valence-electron chi connectivity index (χ0n) is 7.87. The highest BCUT2D eigenvalue weighted by Gasteiger charge is 2.20. The summed E-state index contributed by atoms with van der Waals surface area (Å²) >= 11 is 3.32. The lowest BCUT2D eigenvalue weighted by Gasteiger charge is -2.12. The van der Waals surface area contributed by atoms with Gasteiger partial charge in [-0.05, 0) is 35.8 Å². The first-order chi connectivity index (χ1) is 6.47. The van der Waals surface area contributed by atoms with Gasteiger partial charge in [0.15, 0.2) is 5.65 Å². The highest BCUT2D eigenvalue weighted by Crippen LogP contribution is 2.21. The number of aliphatic hydroxyl groups is 1. The molecule has 0 bridgehead atoms. The fourth-order valence-electron chi connectivity index (χ4n) is 1.16. The molecular weight excluding hydrogens is 246 g/mol. The Morgan fingerprint density at radius 3 is 2.86 bits per heavy atom. The van der Waals surface area contributed by atoms with Crippen LogP contribution in [0.1, 0.15) is 19.7 Å². The molecule has 0 unspecified atom stereocenters. The number of aromatic amines is 1. The number of rotatable bonds is 1. The van der Waals surface area contributed by atoms with E-state index >= 15 is 0 Å². The maximum atomic E-state index is 9.73.